The molecule has 0 bridgehead atoms. The van der Waals surface area contributed by atoms with Gasteiger partial charge in [-0.3, -0.25) is 0 Å². The van der Waals surface area contributed by atoms with E-state index in [9.17, 15) is 18.3 Å². The average Bonchev–Trinajstić information content (AvgIpc) is 2.86. The average molecular weight is 501 g/mol. The number of nitrogens with zero attached hydrogens (tertiary/aromatic N) is 1. The number of nitrogens with one attached hydrogen (secondary N) is 1. The summed E-state index contributed by atoms with van der Waals surface area (Å²) in [5.74, 6) is 0.768. The van der Waals surface area contributed by atoms with Crippen molar-refractivity contribution in [3.63, 3.8) is 0 Å². The fraction of sp³-hybridized carbons (Fsp3) is 0.533. The van der Waals surface area contributed by atoms with Gasteiger partial charge in [-0.1, -0.05) is 35.9 Å². The van der Waals surface area contributed by atoms with Gasteiger partial charge in [0.15, 0.2) is 0 Å². The maximum absolute atomic E-state index is 13.5. The van der Waals surface area contributed by atoms with E-state index in [1.54, 1.807) is 13.1 Å². The highest BCUT2D eigenvalue weighted by molar-refractivity contribution is 5.55. The van der Waals surface area contributed by atoms with Gasteiger partial charge in [-0.2, -0.15) is 13.2 Å². The smallest absolute Gasteiger partial charge is 0.388 e. The summed E-state index contributed by atoms with van der Waals surface area (Å²) >= 11 is 0. The summed E-state index contributed by atoms with van der Waals surface area (Å²) in [7, 11) is 1.78. The minimum atomic E-state index is -4.36. The second kappa shape index (κ2) is 11.0. The van der Waals surface area contributed by atoms with E-state index in [1.807, 2.05) is 25.1 Å². The van der Waals surface area contributed by atoms with Crippen LogP contribution < -0.4 is 5.32 Å². The predicted molar refractivity (Wildman–Crippen MR) is 140 cm³/mol. The molecule has 1 saturated heterocycles. The van der Waals surface area contributed by atoms with Crippen LogP contribution in [0.1, 0.15) is 66.7 Å². The number of alkyl halides is 3. The summed E-state index contributed by atoms with van der Waals surface area (Å²) < 4.78 is 40.6. The van der Waals surface area contributed by atoms with Crippen molar-refractivity contribution >= 4 is 5.69 Å². The summed E-state index contributed by atoms with van der Waals surface area (Å²) in [6.45, 7) is 8.54. The molecule has 2 aromatic carbocycles. The highest BCUT2D eigenvalue weighted by Gasteiger charge is 2.38. The summed E-state index contributed by atoms with van der Waals surface area (Å²) in [6, 6.07) is 12.3. The first-order valence-corrected chi connectivity index (χ1v) is 13.1. The Bertz CT molecular complexity index is 1030. The van der Waals surface area contributed by atoms with Crippen LogP contribution >= 0.6 is 0 Å². The third-order valence-corrected chi connectivity index (χ3v) is 8.41. The fourth-order valence-corrected chi connectivity index (χ4v) is 6.26. The Morgan fingerprint density at radius 1 is 1.11 bits per heavy atom. The lowest BCUT2D eigenvalue weighted by atomic mass is 9.69. The van der Waals surface area contributed by atoms with Crippen molar-refractivity contribution in [2.24, 2.45) is 11.8 Å². The van der Waals surface area contributed by atoms with Gasteiger partial charge < -0.3 is 15.3 Å². The molecule has 0 aromatic heterocycles. The summed E-state index contributed by atoms with van der Waals surface area (Å²) in [4.78, 5) is 2.43. The molecule has 2 fully saturated rings. The molecule has 3 atom stereocenters. The van der Waals surface area contributed by atoms with E-state index in [0.717, 1.165) is 62.1 Å². The number of piperidine rings is 1. The van der Waals surface area contributed by atoms with Crippen LogP contribution in [0.15, 0.2) is 55.1 Å². The van der Waals surface area contributed by atoms with E-state index in [-0.39, 0.29) is 5.92 Å². The van der Waals surface area contributed by atoms with Crippen molar-refractivity contribution < 1.29 is 18.3 Å². The molecule has 0 spiro atoms. The number of aryl methyl sites for hydroxylation is 1. The molecule has 2 aromatic rings. The number of hydrogen-bond donors (Lipinski definition) is 2. The van der Waals surface area contributed by atoms with Crippen LogP contribution in [0.2, 0.25) is 0 Å². The third kappa shape index (κ3) is 5.97. The maximum atomic E-state index is 13.5. The first-order chi connectivity index (χ1) is 17.1. The zero-order chi connectivity index (χ0) is 25.9. The minimum Gasteiger partial charge on any atom is -0.388 e. The second-order valence-corrected chi connectivity index (χ2v) is 10.8. The molecule has 1 saturated carbocycles. The van der Waals surface area contributed by atoms with E-state index in [4.69, 9.17) is 0 Å². The number of allylic oxidation sites excluding steroid dienone is 1. The minimum absolute atomic E-state index is 0.0563. The molecular weight excluding hydrogens is 461 g/mol. The Morgan fingerprint density at radius 3 is 2.42 bits per heavy atom. The van der Waals surface area contributed by atoms with Gasteiger partial charge in [0.1, 0.15) is 0 Å². The lowest BCUT2D eigenvalue weighted by Crippen LogP contribution is -2.45. The summed E-state index contributed by atoms with van der Waals surface area (Å²) in [5.41, 5.74) is 2.36. The number of benzene rings is 2. The fourth-order valence-electron chi connectivity index (χ4n) is 6.26. The molecule has 4 rings (SSSR count). The van der Waals surface area contributed by atoms with E-state index in [0.29, 0.717) is 24.7 Å². The van der Waals surface area contributed by atoms with Crippen molar-refractivity contribution in [2.75, 3.05) is 32.0 Å². The predicted octanol–water partition coefficient (Wildman–Crippen LogP) is 7.12. The van der Waals surface area contributed by atoms with Crippen molar-refractivity contribution in [2.45, 2.75) is 63.1 Å². The standard InChI is InChI=1S/C30H39F3N2O/c1-4-5-23-9-8-22(18-26(23)27-19-25(30(31,32)33)12-13-28(27)34-3)20-35-16-14-29(36,15-17-35)24-10-6-21(2)7-11-24/h4,6-7,10-13,19,22-23,26,34,36H,1,5,8-9,14-18,20H2,2-3H3. The number of rotatable bonds is 7. The van der Waals surface area contributed by atoms with Crippen molar-refractivity contribution in [1.82, 2.24) is 4.90 Å². The first kappa shape index (κ1) is 26.7. The van der Waals surface area contributed by atoms with Crippen LogP contribution in [0, 0.1) is 18.8 Å². The van der Waals surface area contributed by atoms with Gasteiger partial charge in [-0.15, -0.1) is 6.58 Å². The van der Waals surface area contributed by atoms with E-state index in [2.05, 4.69) is 28.9 Å². The number of hydrogen-bond acceptors (Lipinski definition) is 3. The van der Waals surface area contributed by atoms with Gasteiger partial charge in [0.05, 0.1) is 11.2 Å². The number of aliphatic hydroxyl groups is 1. The molecule has 6 heteroatoms. The molecule has 1 aliphatic heterocycles. The monoisotopic (exact) mass is 500 g/mol. The summed E-state index contributed by atoms with van der Waals surface area (Å²) in [5, 5.41) is 14.4. The topological polar surface area (TPSA) is 35.5 Å². The van der Waals surface area contributed by atoms with Crippen LogP contribution in [0.5, 0.6) is 0 Å². The highest BCUT2D eigenvalue weighted by Crippen LogP contribution is 2.46. The van der Waals surface area contributed by atoms with Gasteiger partial charge >= 0.3 is 6.18 Å². The number of anilines is 1. The molecule has 3 unspecified atom stereocenters. The Hall–Kier alpha value is -2.31. The van der Waals surface area contributed by atoms with Crippen molar-refractivity contribution in [3.05, 3.63) is 77.4 Å². The lowest BCUT2D eigenvalue weighted by Gasteiger charge is -2.42. The number of likely N-dealkylation sites (tertiary alicyclic amines) is 1. The SMILES string of the molecule is C=CCC1CCC(CN2CCC(O)(c3ccc(C)cc3)CC2)CC1c1cc(C(F)(F)F)ccc1NC. The molecule has 1 aliphatic carbocycles. The Labute approximate surface area is 213 Å². The molecule has 1 heterocycles. The highest BCUT2D eigenvalue weighted by atomic mass is 19.4. The largest absolute Gasteiger partial charge is 0.416 e. The van der Waals surface area contributed by atoms with Crippen LogP contribution in [-0.4, -0.2) is 36.7 Å². The van der Waals surface area contributed by atoms with E-state index in [1.165, 1.54) is 17.7 Å². The van der Waals surface area contributed by atoms with E-state index >= 15 is 0 Å². The van der Waals surface area contributed by atoms with Gasteiger partial charge in [0.25, 0.3) is 0 Å². The van der Waals surface area contributed by atoms with Crippen LogP contribution in [-0.2, 0) is 11.8 Å². The van der Waals surface area contributed by atoms with Gasteiger partial charge in [-0.05, 0) is 92.5 Å². The molecule has 36 heavy (non-hydrogen) atoms. The first-order valence-electron chi connectivity index (χ1n) is 13.1. The third-order valence-electron chi connectivity index (χ3n) is 8.41. The van der Waals surface area contributed by atoms with E-state index < -0.39 is 17.3 Å². The molecule has 2 N–H and O–H groups in total. The molecule has 2 aliphatic rings. The molecular formula is C30H39F3N2O. The van der Waals surface area contributed by atoms with Gasteiger partial charge in [0, 0.05) is 32.4 Å². The normalized spacial score (nSPS) is 24.9. The Morgan fingerprint density at radius 2 is 1.81 bits per heavy atom. The Kier molecular flexibility index (Phi) is 8.15. The summed E-state index contributed by atoms with van der Waals surface area (Å²) in [6.07, 6.45) is 2.68. The van der Waals surface area contributed by atoms with Crippen LogP contribution in [0.25, 0.3) is 0 Å². The zero-order valence-corrected chi connectivity index (χ0v) is 21.5. The quantitative estimate of drug-likeness (QED) is 0.398. The lowest BCUT2D eigenvalue weighted by molar-refractivity contribution is -0.137. The molecule has 196 valence electrons. The molecule has 0 radical (unpaired) electrons. The van der Waals surface area contributed by atoms with Gasteiger partial charge in [0.2, 0.25) is 0 Å². The van der Waals surface area contributed by atoms with Crippen LogP contribution in [0.3, 0.4) is 0 Å². The zero-order valence-electron chi connectivity index (χ0n) is 21.5. The molecule has 0 amide bonds. The van der Waals surface area contributed by atoms with Crippen LogP contribution in [0.4, 0.5) is 18.9 Å². The number of halogens is 3. The Balaban J connectivity index is 1.46. The van der Waals surface area contributed by atoms with Crippen molar-refractivity contribution in [3.8, 4) is 0 Å². The maximum Gasteiger partial charge on any atom is 0.416 e. The van der Waals surface area contributed by atoms with Gasteiger partial charge in [-0.25, -0.2) is 0 Å². The molecule has 3 nitrogen and oxygen atoms in total. The van der Waals surface area contributed by atoms with Crippen molar-refractivity contribution in [1.29, 1.82) is 0 Å². The second-order valence-electron chi connectivity index (χ2n) is 10.8.